The number of imide groups is 2. The Hall–Kier alpha value is -4.90. The van der Waals surface area contributed by atoms with Gasteiger partial charge < -0.3 is 8.98 Å². The van der Waals surface area contributed by atoms with Gasteiger partial charge in [0.1, 0.15) is 11.3 Å². The molecule has 0 bridgehead atoms. The molecule has 1 N–H and O–H groups in total. The number of hydrogen-bond acceptors (Lipinski definition) is 7. The van der Waals surface area contributed by atoms with E-state index in [9.17, 15) is 24.5 Å². The first-order valence-corrected chi connectivity index (χ1v) is 12.7. The molecule has 0 unspecified atom stereocenters. The number of hydrogen-bond donors (Lipinski definition) is 1. The van der Waals surface area contributed by atoms with Crippen LogP contribution in [0.2, 0.25) is 0 Å². The number of nitrogens with zero attached hydrogens (tertiary/aromatic N) is 3. The van der Waals surface area contributed by atoms with Gasteiger partial charge in [-0.3, -0.25) is 29.9 Å². The second-order valence-corrected chi connectivity index (χ2v) is 9.94. The van der Waals surface area contributed by atoms with Crippen molar-refractivity contribution >= 4 is 41.4 Å². The van der Waals surface area contributed by atoms with Crippen LogP contribution in [0, 0.1) is 24.0 Å². The van der Waals surface area contributed by atoms with Gasteiger partial charge in [-0.15, -0.1) is 0 Å². The lowest BCUT2D eigenvalue weighted by molar-refractivity contribution is -0.384. The number of nitrogens with one attached hydrogen (secondary N) is 1. The quantitative estimate of drug-likeness (QED) is 0.143. The van der Waals surface area contributed by atoms with Crippen molar-refractivity contribution in [3.05, 3.63) is 111 Å². The van der Waals surface area contributed by atoms with Crippen molar-refractivity contribution in [2.45, 2.75) is 30.2 Å². The molecule has 196 valence electrons. The summed E-state index contributed by atoms with van der Waals surface area (Å²) >= 11 is 1.49. The Balaban J connectivity index is 1.38. The van der Waals surface area contributed by atoms with Crippen molar-refractivity contribution in [3.63, 3.8) is 0 Å². The summed E-state index contributed by atoms with van der Waals surface area (Å²) in [5, 5.41) is 13.1. The predicted octanol–water partition coefficient (Wildman–Crippen LogP) is 5.41. The van der Waals surface area contributed by atoms with E-state index in [0.29, 0.717) is 11.3 Å². The Bertz CT molecular complexity index is 1620. The van der Waals surface area contributed by atoms with E-state index in [-0.39, 0.29) is 17.8 Å². The van der Waals surface area contributed by atoms with Crippen molar-refractivity contribution in [3.8, 4) is 5.69 Å². The maximum Gasteiger partial charge on any atom is 0.331 e. The molecule has 1 fully saturated rings. The zero-order valence-corrected chi connectivity index (χ0v) is 21.7. The van der Waals surface area contributed by atoms with Gasteiger partial charge in [-0.2, -0.15) is 0 Å². The van der Waals surface area contributed by atoms with Crippen LogP contribution in [0.5, 0.6) is 0 Å². The second-order valence-electron chi connectivity index (χ2n) is 8.80. The molecular weight excluding hydrogens is 520 g/mol. The number of rotatable bonds is 7. The minimum Gasteiger partial charge on any atom is -0.467 e. The highest BCUT2D eigenvalue weighted by atomic mass is 32.2. The summed E-state index contributed by atoms with van der Waals surface area (Å²) in [5.41, 5.74) is 3.16. The highest BCUT2D eigenvalue weighted by Crippen LogP contribution is 2.31. The molecule has 1 aliphatic rings. The van der Waals surface area contributed by atoms with E-state index in [2.05, 4.69) is 5.32 Å². The van der Waals surface area contributed by atoms with Crippen LogP contribution in [0.4, 0.5) is 10.5 Å². The normalized spacial score (nSPS) is 14.7. The molecule has 0 radical (unpaired) electrons. The molecule has 0 aliphatic carbocycles. The van der Waals surface area contributed by atoms with Gasteiger partial charge in [-0.05, 0) is 80.1 Å². The molecule has 2 aromatic heterocycles. The molecule has 4 amide bonds. The van der Waals surface area contributed by atoms with Gasteiger partial charge in [0, 0.05) is 39.0 Å². The summed E-state index contributed by atoms with van der Waals surface area (Å²) in [4.78, 5) is 51.2. The SMILES string of the molecule is Cc1cc(/C=C2/C(=O)NC(=O)N(Cc3ccco3)C2=O)c(C)n1-c1ccc(Sc2ccc([N+](=O)[O-])cc2)cc1. The zero-order chi connectivity index (χ0) is 27.7. The zero-order valence-electron chi connectivity index (χ0n) is 20.9. The molecule has 4 aromatic rings. The van der Waals surface area contributed by atoms with Crippen LogP contribution in [0.25, 0.3) is 11.8 Å². The lowest BCUT2D eigenvalue weighted by Crippen LogP contribution is -2.53. The maximum atomic E-state index is 13.1. The van der Waals surface area contributed by atoms with Crippen molar-refractivity contribution < 1.29 is 23.7 Å². The third-order valence-electron chi connectivity index (χ3n) is 6.23. The smallest absolute Gasteiger partial charge is 0.331 e. The van der Waals surface area contributed by atoms with Gasteiger partial charge >= 0.3 is 6.03 Å². The number of amides is 4. The molecule has 0 atom stereocenters. The van der Waals surface area contributed by atoms with Gasteiger partial charge in [0.2, 0.25) is 0 Å². The summed E-state index contributed by atoms with van der Waals surface area (Å²) in [6.45, 7) is 3.71. The Morgan fingerprint density at radius 1 is 1.00 bits per heavy atom. The Morgan fingerprint density at radius 3 is 2.28 bits per heavy atom. The predicted molar refractivity (Wildman–Crippen MR) is 143 cm³/mol. The van der Waals surface area contributed by atoms with Crippen molar-refractivity contribution in [1.29, 1.82) is 0 Å². The van der Waals surface area contributed by atoms with E-state index in [0.717, 1.165) is 31.8 Å². The Morgan fingerprint density at radius 2 is 1.67 bits per heavy atom. The third-order valence-corrected chi connectivity index (χ3v) is 7.24. The number of urea groups is 1. The van der Waals surface area contributed by atoms with Crippen LogP contribution >= 0.6 is 11.8 Å². The molecule has 11 heteroatoms. The molecule has 10 nitrogen and oxygen atoms in total. The Labute approximate surface area is 227 Å². The number of furan rings is 1. The van der Waals surface area contributed by atoms with Crippen molar-refractivity contribution in [2.24, 2.45) is 0 Å². The van der Waals surface area contributed by atoms with Crippen LogP contribution in [0.15, 0.2) is 92.8 Å². The standard InChI is InChI=1S/C28H22N4O6S/c1-17-14-19(15-25-26(33)29-28(35)30(27(25)34)16-22-4-3-13-38-22)18(2)31(17)20-5-9-23(10-6-20)39-24-11-7-21(8-12-24)32(36)37/h3-15H,16H2,1-2H3,(H,29,33,35)/b25-15-. The van der Waals surface area contributed by atoms with E-state index in [1.165, 1.54) is 36.2 Å². The molecular formula is C28H22N4O6S. The van der Waals surface area contributed by atoms with Crippen LogP contribution in [-0.4, -0.2) is 32.2 Å². The first-order chi connectivity index (χ1) is 18.7. The molecule has 2 aromatic carbocycles. The van der Waals surface area contributed by atoms with Gasteiger partial charge in [-0.1, -0.05) is 11.8 Å². The molecule has 5 rings (SSSR count). The maximum absolute atomic E-state index is 13.1. The number of non-ortho nitro benzene ring substituents is 1. The summed E-state index contributed by atoms with van der Waals surface area (Å²) in [6.07, 6.45) is 2.94. The van der Waals surface area contributed by atoms with Gasteiger partial charge in [0.25, 0.3) is 17.5 Å². The van der Waals surface area contributed by atoms with Gasteiger partial charge in [0.05, 0.1) is 17.7 Å². The first kappa shape index (κ1) is 25.7. The number of aromatic nitrogens is 1. The second kappa shape index (κ2) is 10.5. The van der Waals surface area contributed by atoms with Crippen molar-refractivity contribution in [1.82, 2.24) is 14.8 Å². The van der Waals surface area contributed by atoms with E-state index in [4.69, 9.17) is 4.42 Å². The topological polar surface area (TPSA) is 128 Å². The molecule has 0 saturated carbocycles. The monoisotopic (exact) mass is 542 g/mol. The summed E-state index contributed by atoms with van der Waals surface area (Å²) < 4.78 is 7.25. The third kappa shape index (κ3) is 5.25. The van der Waals surface area contributed by atoms with E-state index >= 15 is 0 Å². The van der Waals surface area contributed by atoms with Crippen LogP contribution in [-0.2, 0) is 16.1 Å². The first-order valence-electron chi connectivity index (χ1n) is 11.8. The average molecular weight is 543 g/mol. The summed E-state index contributed by atoms with van der Waals surface area (Å²) in [5.74, 6) is -1.03. The number of carbonyl (C=O) groups excluding carboxylic acids is 3. The molecule has 1 saturated heterocycles. The minimum atomic E-state index is -0.796. The molecule has 3 heterocycles. The number of aryl methyl sites for hydroxylation is 1. The number of barbiturate groups is 1. The summed E-state index contributed by atoms with van der Waals surface area (Å²) in [7, 11) is 0. The molecule has 0 spiro atoms. The number of nitro groups is 1. The largest absolute Gasteiger partial charge is 0.467 e. The van der Waals surface area contributed by atoms with Gasteiger partial charge in [0.15, 0.2) is 0 Å². The molecule has 1 aliphatic heterocycles. The van der Waals surface area contributed by atoms with Crippen LogP contribution in [0.1, 0.15) is 22.7 Å². The fourth-order valence-corrected chi connectivity index (χ4v) is 5.13. The lowest BCUT2D eigenvalue weighted by Gasteiger charge is -2.25. The average Bonchev–Trinajstić information content (AvgIpc) is 3.52. The van der Waals surface area contributed by atoms with Gasteiger partial charge in [-0.25, -0.2) is 4.79 Å². The number of nitro benzene ring substituents is 1. The van der Waals surface area contributed by atoms with E-state index in [1.807, 2.05) is 48.7 Å². The highest BCUT2D eigenvalue weighted by molar-refractivity contribution is 7.99. The van der Waals surface area contributed by atoms with Crippen molar-refractivity contribution in [2.75, 3.05) is 0 Å². The number of carbonyl (C=O) groups is 3. The summed E-state index contributed by atoms with van der Waals surface area (Å²) in [6, 6.07) is 18.6. The van der Waals surface area contributed by atoms with E-state index in [1.54, 1.807) is 24.3 Å². The fraction of sp³-hybridized carbons (Fsp3) is 0.107. The minimum absolute atomic E-state index is 0.0447. The lowest BCUT2D eigenvalue weighted by atomic mass is 10.1. The van der Waals surface area contributed by atoms with E-state index < -0.39 is 22.8 Å². The molecule has 39 heavy (non-hydrogen) atoms. The van der Waals surface area contributed by atoms with Crippen LogP contribution in [0.3, 0.4) is 0 Å². The van der Waals surface area contributed by atoms with Crippen LogP contribution < -0.4 is 5.32 Å². The number of benzene rings is 2. The Kier molecular flexibility index (Phi) is 6.90. The fourth-order valence-electron chi connectivity index (χ4n) is 4.32. The highest BCUT2D eigenvalue weighted by Gasteiger charge is 2.36.